The molecule has 3 atom stereocenters. The van der Waals surface area contributed by atoms with Crippen molar-refractivity contribution in [3.63, 3.8) is 0 Å². The minimum absolute atomic E-state index is 0.0458. The van der Waals surface area contributed by atoms with Gasteiger partial charge in [-0.05, 0) is 55.4 Å². The number of nitriles is 1. The van der Waals surface area contributed by atoms with Crippen molar-refractivity contribution < 1.29 is 19.0 Å². The summed E-state index contributed by atoms with van der Waals surface area (Å²) in [5.74, 6) is -0.331. The van der Waals surface area contributed by atoms with Crippen molar-refractivity contribution >= 4 is 5.91 Å². The molecule has 0 spiro atoms. The second-order valence-electron chi connectivity index (χ2n) is 9.72. The van der Waals surface area contributed by atoms with Crippen molar-refractivity contribution in [2.24, 2.45) is 5.92 Å². The number of likely N-dealkylation sites (N-methyl/N-ethyl adjacent to an activating group) is 1. The molecule has 1 aliphatic rings. The molecular formula is C29H31FN4O3. The van der Waals surface area contributed by atoms with Gasteiger partial charge in [0.2, 0.25) is 5.88 Å². The second kappa shape index (κ2) is 11.5. The van der Waals surface area contributed by atoms with Crippen molar-refractivity contribution in [1.82, 2.24) is 14.8 Å². The Bertz CT molecular complexity index is 1290. The zero-order valence-corrected chi connectivity index (χ0v) is 21.3. The average molecular weight is 503 g/mol. The quantitative estimate of drug-likeness (QED) is 0.523. The Balaban J connectivity index is 1.66. The molecule has 0 saturated carbocycles. The number of aliphatic hydroxyl groups excluding tert-OH is 1. The fraction of sp³-hybridized carbons (Fsp3) is 0.345. The predicted molar refractivity (Wildman–Crippen MR) is 138 cm³/mol. The Labute approximate surface area is 216 Å². The molecule has 1 N–H and O–H groups in total. The van der Waals surface area contributed by atoms with E-state index in [0.717, 1.165) is 11.1 Å². The van der Waals surface area contributed by atoms with Crippen LogP contribution in [0, 0.1) is 23.1 Å². The Morgan fingerprint density at radius 2 is 2.00 bits per heavy atom. The van der Waals surface area contributed by atoms with Crippen LogP contribution in [0.15, 0.2) is 60.8 Å². The van der Waals surface area contributed by atoms with E-state index in [1.165, 1.54) is 12.1 Å². The molecule has 1 aromatic heterocycles. The van der Waals surface area contributed by atoms with Crippen LogP contribution in [0.2, 0.25) is 0 Å². The Hall–Kier alpha value is -3.80. The number of benzene rings is 2. The molecule has 37 heavy (non-hydrogen) atoms. The van der Waals surface area contributed by atoms with E-state index >= 15 is 0 Å². The number of carbonyl (C=O) groups excluding carboxylic acids is 1. The number of hydrogen-bond donors (Lipinski definition) is 1. The van der Waals surface area contributed by atoms with E-state index in [-0.39, 0.29) is 42.3 Å². The molecular weight excluding hydrogens is 471 g/mol. The van der Waals surface area contributed by atoms with E-state index in [1.54, 1.807) is 47.5 Å². The summed E-state index contributed by atoms with van der Waals surface area (Å²) in [6, 6.07) is 17.0. The van der Waals surface area contributed by atoms with Gasteiger partial charge in [0.15, 0.2) is 0 Å². The van der Waals surface area contributed by atoms with E-state index in [2.05, 4.69) is 16.0 Å². The largest absolute Gasteiger partial charge is 0.472 e. The van der Waals surface area contributed by atoms with Crippen LogP contribution < -0.4 is 4.74 Å². The molecule has 0 bridgehead atoms. The van der Waals surface area contributed by atoms with E-state index in [1.807, 2.05) is 27.0 Å². The number of ether oxygens (including phenoxy) is 1. The van der Waals surface area contributed by atoms with Crippen LogP contribution in [0.1, 0.15) is 35.3 Å². The molecule has 2 heterocycles. The fourth-order valence-corrected chi connectivity index (χ4v) is 4.52. The van der Waals surface area contributed by atoms with Gasteiger partial charge in [-0.2, -0.15) is 5.26 Å². The highest BCUT2D eigenvalue weighted by atomic mass is 19.1. The van der Waals surface area contributed by atoms with E-state index in [9.17, 15) is 19.6 Å². The zero-order chi connectivity index (χ0) is 26.5. The number of nitrogens with zero attached hydrogens (tertiary/aromatic N) is 4. The first-order valence-corrected chi connectivity index (χ1v) is 12.3. The summed E-state index contributed by atoms with van der Waals surface area (Å²) >= 11 is 0. The Morgan fingerprint density at radius 3 is 2.70 bits per heavy atom. The van der Waals surface area contributed by atoms with Crippen LogP contribution in [-0.4, -0.2) is 64.7 Å². The number of carbonyl (C=O) groups is 1. The maximum Gasteiger partial charge on any atom is 0.259 e. The molecule has 1 aliphatic heterocycles. The van der Waals surface area contributed by atoms with Crippen LogP contribution in [0.5, 0.6) is 5.88 Å². The first-order chi connectivity index (χ1) is 17.8. The second-order valence-corrected chi connectivity index (χ2v) is 9.72. The SMILES string of the molecule is C[C@H]1CN([C@@H](C)CO)C(=O)c2cc(-c3cccc(C#N)c3)cnc2O[C@@H]1CN(C)Cc1ccc(F)cc1. The lowest BCUT2D eigenvalue weighted by atomic mass is 9.98. The molecule has 0 aliphatic carbocycles. The molecule has 0 unspecified atom stereocenters. The molecule has 4 rings (SSSR count). The monoisotopic (exact) mass is 502 g/mol. The van der Waals surface area contributed by atoms with Gasteiger partial charge >= 0.3 is 0 Å². The normalized spacial score (nSPS) is 18.4. The van der Waals surface area contributed by atoms with Gasteiger partial charge in [-0.15, -0.1) is 0 Å². The first kappa shape index (κ1) is 26.3. The summed E-state index contributed by atoms with van der Waals surface area (Å²) in [6.45, 7) is 5.24. The molecule has 2 aromatic carbocycles. The maximum atomic E-state index is 13.6. The van der Waals surface area contributed by atoms with Crippen molar-refractivity contribution in [1.29, 1.82) is 5.26 Å². The molecule has 0 fully saturated rings. The summed E-state index contributed by atoms with van der Waals surface area (Å²) in [6.07, 6.45) is 1.36. The number of fused-ring (bicyclic) bond motifs is 1. The Kier molecular flexibility index (Phi) is 8.17. The zero-order valence-electron chi connectivity index (χ0n) is 21.3. The van der Waals surface area contributed by atoms with Crippen molar-refractivity contribution in [3.05, 3.63) is 83.3 Å². The highest BCUT2D eigenvalue weighted by Crippen LogP contribution is 2.30. The van der Waals surface area contributed by atoms with E-state index in [4.69, 9.17) is 4.74 Å². The fourth-order valence-electron chi connectivity index (χ4n) is 4.52. The van der Waals surface area contributed by atoms with Gasteiger partial charge in [0.05, 0.1) is 24.3 Å². The highest BCUT2D eigenvalue weighted by molar-refractivity contribution is 5.98. The summed E-state index contributed by atoms with van der Waals surface area (Å²) in [7, 11) is 1.97. The number of aliphatic hydroxyl groups is 1. The molecule has 192 valence electrons. The number of rotatable bonds is 7. The molecule has 0 radical (unpaired) electrons. The predicted octanol–water partition coefficient (Wildman–Crippen LogP) is 4.11. The number of aromatic nitrogens is 1. The van der Waals surface area contributed by atoms with Gasteiger partial charge < -0.3 is 14.7 Å². The maximum absolute atomic E-state index is 13.6. The van der Waals surface area contributed by atoms with Gasteiger partial charge in [0.1, 0.15) is 17.5 Å². The van der Waals surface area contributed by atoms with E-state index in [0.29, 0.717) is 36.3 Å². The van der Waals surface area contributed by atoms with Crippen LogP contribution in [0.25, 0.3) is 11.1 Å². The van der Waals surface area contributed by atoms with Crippen molar-refractivity contribution in [2.45, 2.75) is 32.5 Å². The number of amides is 1. The van der Waals surface area contributed by atoms with Crippen molar-refractivity contribution in [3.8, 4) is 23.1 Å². The van der Waals surface area contributed by atoms with Gasteiger partial charge in [-0.3, -0.25) is 9.69 Å². The minimum Gasteiger partial charge on any atom is -0.472 e. The third-order valence-electron chi connectivity index (χ3n) is 6.70. The van der Waals surface area contributed by atoms with Gasteiger partial charge in [-0.25, -0.2) is 9.37 Å². The number of halogens is 1. The smallest absolute Gasteiger partial charge is 0.259 e. The molecule has 3 aromatic rings. The summed E-state index contributed by atoms with van der Waals surface area (Å²) < 4.78 is 19.7. The summed E-state index contributed by atoms with van der Waals surface area (Å²) in [4.78, 5) is 21.9. The molecule has 0 saturated heterocycles. The summed E-state index contributed by atoms with van der Waals surface area (Å²) in [5, 5.41) is 19.2. The van der Waals surface area contributed by atoms with Crippen molar-refractivity contribution in [2.75, 3.05) is 26.7 Å². The highest BCUT2D eigenvalue weighted by Gasteiger charge is 2.34. The molecule has 1 amide bonds. The number of hydrogen-bond acceptors (Lipinski definition) is 6. The average Bonchev–Trinajstić information content (AvgIpc) is 2.91. The van der Waals surface area contributed by atoms with Crippen LogP contribution in [0.3, 0.4) is 0 Å². The van der Waals surface area contributed by atoms with Gasteiger partial charge in [-0.1, -0.05) is 31.2 Å². The lowest BCUT2D eigenvalue weighted by Crippen LogP contribution is -2.49. The Morgan fingerprint density at radius 1 is 1.24 bits per heavy atom. The van der Waals surface area contributed by atoms with Crippen LogP contribution in [-0.2, 0) is 6.54 Å². The summed E-state index contributed by atoms with van der Waals surface area (Å²) in [5.41, 5.74) is 3.28. The molecule has 8 heteroatoms. The topological polar surface area (TPSA) is 89.7 Å². The van der Waals surface area contributed by atoms with Crippen LogP contribution >= 0.6 is 0 Å². The lowest BCUT2D eigenvalue weighted by molar-refractivity contribution is 0.0325. The van der Waals surface area contributed by atoms with Gasteiger partial charge in [0, 0.05) is 37.3 Å². The molecule has 7 nitrogen and oxygen atoms in total. The minimum atomic E-state index is -0.385. The lowest BCUT2D eigenvalue weighted by Gasteiger charge is -2.37. The van der Waals surface area contributed by atoms with Crippen LogP contribution in [0.4, 0.5) is 4.39 Å². The third kappa shape index (κ3) is 6.13. The first-order valence-electron chi connectivity index (χ1n) is 12.3. The van der Waals surface area contributed by atoms with E-state index < -0.39 is 0 Å². The number of pyridine rings is 1. The van der Waals surface area contributed by atoms with Gasteiger partial charge in [0.25, 0.3) is 5.91 Å². The third-order valence-corrected chi connectivity index (χ3v) is 6.70. The standard InChI is InChI=1S/C29H31FN4O3/c1-19-15-34(20(2)18-35)29(36)26-12-24(23-6-4-5-22(11-23)13-31)14-32-28(26)37-27(19)17-33(3)16-21-7-9-25(30)10-8-21/h4-12,14,19-20,27,35H,15-18H2,1-3H3/t19-,20-,27+/m0/s1.